The second-order valence-corrected chi connectivity index (χ2v) is 21.0. The number of nitrogens with zero attached hydrogens (tertiary/aromatic N) is 4. The van der Waals surface area contributed by atoms with Gasteiger partial charge >= 0.3 is 0 Å². The van der Waals surface area contributed by atoms with Crippen LogP contribution >= 0.6 is 0 Å². The van der Waals surface area contributed by atoms with Gasteiger partial charge < -0.3 is 19.4 Å². The zero-order chi connectivity index (χ0) is 45.5. The molecule has 3 heterocycles. The number of benzene rings is 6. The maximum atomic E-state index is 6.81. The van der Waals surface area contributed by atoms with E-state index < -0.39 is 0 Å². The average molecular weight is 1040 g/mol. The number of hydrogen-bond acceptors (Lipinski definition) is 5. The molecule has 7 heteroatoms. The molecule has 0 atom stereocenters. The van der Waals surface area contributed by atoms with Gasteiger partial charge in [0.1, 0.15) is 5.82 Å². The van der Waals surface area contributed by atoms with Crippen molar-refractivity contribution >= 4 is 63.0 Å². The molecule has 9 rings (SSSR count). The number of ether oxygens (including phenoxy) is 1. The number of rotatable bonds is 6. The first-order valence-electron chi connectivity index (χ1n) is 22.7. The minimum Gasteiger partial charge on any atom is -0.509 e. The van der Waals surface area contributed by atoms with E-state index in [2.05, 4.69) is 227 Å². The number of fused-ring (bicyclic) bond motifs is 3. The first kappa shape index (κ1) is 46.0. The van der Waals surface area contributed by atoms with Gasteiger partial charge in [-0.15, -0.1) is 48.2 Å². The molecule has 0 radical (unpaired) electrons. The van der Waals surface area contributed by atoms with Crippen LogP contribution in [0.1, 0.15) is 101 Å². The minimum atomic E-state index is -0.0796. The molecule has 1 aromatic heterocycles. The number of anilines is 7. The molecule has 0 spiro atoms. The first-order valence-corrected chi connectivity index (χ1v) is 22.7. The van der Waals surface area contributed by atoms with Crippen LogP contribution in [0.2, 0.25) is 0 Å². The van der Waals surface area contributed by atoms with Gasteiger partial charge in [0, 0.05) is 61.5 Å². The summed E-state index contributed by atoms with van der Waals surface area (Å²) in [4.78, 5) is 11.9. The maximum Gasteiger partial charge on any atom is 0.181 e. The molecule has 0 saturated carbocycles. The van der Waals surface area contributed by atoms with E-state index in [4.69, 9.17) is 9.72 Å². The van der Waals surface area contributed by atoms with E-state index in [-0.39, 0.29) is 44.0 Å². The second kappa shape index (κ2) is 17.0. The van der Waals surface area contributed by atoms with Gasteiger partial charge in [0.15, 0.2) is 6.71 Å². The van der Waals surface area contributed by atoms with Gasteiger partial charge in [-0.25, -0.2) is 4.98 Å². The largest absolute Gasteiger partial charge is 0.509 e. The Morgan fingerprint density at radius 3 is 1.86 bits per heavy atom. The molecule has 6 aromatic carbocycles. The third-order valence-electron chi connectivity index (χ3n) is 12.9. The van der Waals surface area contributed by atoms with Crippen LogP contribution in [0.15, 0.2) is 121 Å². The van der Waals surface area contributed by atoms with Gasteiger partial charge in [0.05, 0.1) is 0 Å². The monoisotopic (exact) mass is 1030 g/mol. The van der Waals surface area contributed by atoms with Crippen LogP contribution in [0.5, 0.6) is 11.5 Å². The van der Waals surface area contributed by atoms with Gasteiger partial charge in [0.2, 0.25) is 0 Å². The molecule has 65 heavy (non-hydrogen) atoms. The van der Waals surface area contributed by atoms with Crippen LogP contribution in [0.4, 0.5) is 39.9 Å². The second-order valence-electron chi connectivity index (χ2n) is 21.0. The minimum absolute atomic E-state index is 0. The summed E-state index contributed by atoms with van der Waals surface area (Å²) in [6.45, 7) is 31.7. The zero-order valence-electron chi connectivity index (χ0n) is 40.2. The summed E-state index contributed by atoms with van der Waals surface area (Å²) in [5.41, 5.74) is 18.9. The molecule has 0 N–H and O–H groups in total. The summed E-state index contributed by atoms with van der Waals surface area (Å²) in [5.74, 6) is 2.07. The molecule has 0 saturated heterocycles. The van der Waals surface area contributed by atoms with Crippen molar-refractivity contribution in [2.45, 2.75) is 106 Å². The number of para-hydroxylation sites is 3. The van der Waals surface area contributed by atoms with Gasteiger partial charge in [-0.2, -0.15) is 12.1 Å². The third kappa shape index (κ3) is 8.56. The van der Waals surface area contributed by atoms with Crippen molar-refractivity contribution in [3.63, 3.8) is 0 Å². The van der Waals surface area contributed by atoms with E-state index in [1.54, 1.807) is 0 Å². The van der Waals surface area contributed by atoms with Crippen LogP contribution in [-0.2, 0) is 37.3 Å². The van der Waals surface area contributed by atoms with Crippen molar-refractivity contribution in [1.82, 2.24) is 4.98 Å². The zero-order valence-corrected chi connectivity index (χ0v) is 42.5. The molecule has 2 aliphatic rings. The van der Waals surface area contributed by atoms with Crippen LogP contribution in [-0.4, -0.2) is 11.7 Å². The van der Waals surface area contributed by atoms with E-state index in [9.17, 15) is 0 Å². The molecule has 0 aliphatic carbocycles. The molecule has 2 aliphatic heterocycles. The van der Waals surface area contributed by atoms with Gasteiger partial charge in [0.25, 0.3) is 0 Å². The molecule has 0 amide bonds. The first-order chi connectivity index (χ1) is 30.3. The van der Waals surface area contributed by atoms with E-state index in [0.717, 1.165) is 39.7 Å². The maximum absolute atomic E-state index is 6.81. The van der Waals surface area contributed by atoms with Crippen molar-refractivity contribution in [3.8, 4) is 11.5 Å². The summed E-state index contributed by atoms with van der Waals surface area (Å²) < 4.78 is 6.81. The fourth-order valence-electron chi connectivity index (χ4n) is 9.72. The molecular weight excluding hydrogens is 975 g/mol. The third-order valence-corrected chi connectivity index (χ3v) is 12.9. The number of pyridine rings is 1. The Kier molecular flexibility index (Phi) is 12.0. The smallest absolute Gasteiger partial charge is 0.181 e. The summed E-state index contributed by atoms with van der Waals surface area (Å²) in [6, 6.07) is 49.0. The van der Waals surface area contributed by atoms with Crippen molar-refractivity contribution in [3.05, 3.63) is 179 Å². The molecule has 0 bridgehead atoms. The molecular formula is C58H60BN4OPt-3. The number of hydrogen-bond donors (Lipinski definition) is 0. The number of aryl methyl sites for hydroxylation is 4. The Balaban J connectivity index is 0.00000576. The van der Waals surface area contributed by atoms with Crippen LogP contribution < -0.4 is 35.8 Å². The summed E-state index contributed by atoms with van der Waals surface area (Å²) in [6.07, 6.45) is 1.93. The van der Waals surface area contributed by atoms with E-state index in [0.29, 0.717) is 11.5 Å². The Morgan fingerprint density at radius 1 is 0.569 bits per heavy atom. The summed E-state index contributed by atoms with van der Waals surface area (Å²) >= 11 is 0. The normalized spacial score (nSPS) is 13.6. The quantitative estimate of drug-likeness (QED) is 0.122. The van der Waals surface area contributed by atoms with E-state index >= 15 is 0 Å². The molecule has 5 nitrogen and oxygen atoms in total. The van der Waals surface area contributed by atoms with Crippen molar-refractivity contribution in [1.29, 1.82) is 0 Å². The predicted octanol–water partition coefficient (Wildman–Crippen LogP) is 13.3. The standard InChI is InChI=1S/C58H60BN4O.Pt/c1-37-29-38(2)54(39(3)30-37)59-47-21-14-15-22-49(47)63(53-33-41(27-28-60-53)56(5,6)7)52-35-45(25-26-48(52)59)64-44-20-18-19-43(34-44)61-36-62(51-24-17-16-23-50(51)61)55-40(4)31-42(57(8,9)10)32-46(55)58(11,12)13;/h14-33,36H,1-13H3;/q-3;. The molecule has 0 fully saturated rings. The van der Waals surface area contributed by atoms with E-state index in [1.807, 2.05) is 18.3 Å². The van der Waals surface area contributed by atoms with Crippen molar-refractivity contribution in [2.24, 2.45) is 0 Å². The van der Waals surface area contributed by atoms with Gasteiger partial charge in [-0.3, -0.25) is 0 Å². The Labute approximate surface area is 403 Å². The number of aromatic nitrogens is 1. The Morgan fingerprint density at radius 2 is 1.20 bits per heavy atom. The molecule has 0 unspecified atom stereocenters. The fraction of sp³-hybridized carbons (Fsp3) is 0.276. The average Bonchev–Trinajstić information content (AvgIpc) is 3.61. The van der Waals surface area contributed by atoms with Crippen molar-refractivity contribution in [2.75, 3.05) is 14.7 Å². The molecule has 7 aromatic rings. The molecule has 334 valence electrons. The Bertz CT molecular complexity index is 2910. The summed E-state index contributed by atoms with van der Waals surface area (Å²) in [5, 5.41) is 0. The summed E-state index contributed by atoms with van der Waals surface area (Å²) in [7, 11) is 0. The van der Waals surface area contributed by atoms with Crippen LogP contribution in [0, 0.1) is 46.5 Å². The van der Waals surface area contributed by atoms with Crippen LogP contribution in [0.3, 0.4) is 0 Å². The topological polar surface area (TPSA) is 31.8 Å². The van der Waals surface area contributed by atoms with Gasteiger partial charge in [-0.05, 0) is 96.5 Å². The SMILES string of the molecule is Cc1cc(C)c(B2c3ccc(Oc4[c-]c(N5[CH-]N(c6c(C)cc(C(C)(C)C)cc6C(C)(C)C)c6ccccc65)ccc4)[c-]c3N(c3cc(C(C)(C)C)ccn3)c3ccccc32)c(C)c1.[Pt]. The fourth-order valence-corrected chi connectivity index (χ4v) is 9.72. The predicted molar refractivity (Wildman–Crippen MR) is 271 cm³/mol. The van der Waals surface area contributed by atoms with E-state index in [1.165, 1.54) is 55.6 Å². The van der Waals surface area contributed by atoms with Crippen LogP contribution in [0.25, 0.3) is 0 Å². The Hall–Kier alpha value is -5.58. The van der Waals surface area contributed by atoms with Gasteiger partial charge in [-0.1, -0.05) is 150 Å². The van der Waals surface area contributed by atoms with Crippen molar-refractivity contribution < 1.29 is 25.8 Å².